The number of alkyl halides is 3. The molecule has 17 heavy (non-hydrogen) atoms. The summed E-state index contributed by atoms with van der Waals surface area (Å²) in [6.45, 7) is 3.51. The van der Waals surface area contributed by atoms with Gasteiger partial charge in [0.05, 0.1) is 12.1 Å². The van der Waals surface area contributed by atoms with Gasteiger partial charge >= 0.3 is 6.18 Å². The molecule has 0 saturated carbocycles. The van der Waals surface area contributed by atoms with Crippen LogP contribution in [0.2, 0.25) is 0 Å². The van der Waals surface area contributed by atoms with E-state index < -0.39 is 29.8 Å². The minimum absolute atomic E-state index is 0.319. The number of hydrogen-bond donors (Lipinski definition) is 3. The molecule has 0 saturated heterocycles. The van der Waals surface area contributed by atoms with E-state index in [1.54, 1.807) is 13.8 Å². The zero-order chi connectivity index (χ0) is 13.9. The van der Waals surface area contributed by atoms with Crippen LogP contribution < -0.4 is 11.1 Å². The van der Waals surface area contributed by atoms with Crippen LogP contribution in [-0.2, 0) is 4.79 Å². The van der Waals surface area contributed by atoms with Crippen LogP contribution in [-0.4, -0.2) is 34.9 Å². The summed E-state index contributed by atoms with van der Waals surface area (Å²) in [5, 5.41) is 11.3. The molecular formula is C10H19F3N2O2. The number of carbonyl (C=O) groups is 1. The summed E-state index contributed by atoms with van der Waals surface area (Å²) in [7, 11) is 0. The van der Waals surface area contributed by atoms with Crippen LogP contribution in [0.4, 0.5) is 13.2 Å². The monoisotopic (exact) mass is 256 g/mol. The summed E-state index contributed by atoms with van der Waals surface area (Å²) in [5.41, 5.74) is 0.977. The Morgan fingerprint density at radius 3 is 1.94 bits per heavy atom. The summed E-state index contributed by atoms with van der Waals surface area (Å²) in [5.74, 6) is -1.33. The Labute approximate surface area is 98.4 Å². The number of nitrogens with two attached hydrogens (primary N) is 1. The van der Waals surface area contributed by atoms with E-state index in [4.69, 9.17) is 10.8 Å². The largest absolute Gasteiger partial charge is 0.415 e. The predicted molar refractivity (Wildman–Crippen MR) is 57.2 cm³/mol. The van der Waals surface area contributed by atoms with Crippen molar-refractivity contribution >= 4 is 5.91 Å². The van der Waals surface area contributed by atoms with Gasteiger partial charge in [-0.3, -0.25) is 4.79 Å². The van der Waals surface area contributed by atoms with Crippen molar-refractivity contribution in [1.82, 2.24) is 5.32 Å². The lowest BCUT2D eigenvalue weighted by Gasteiger charge is -2.35. The number of aliphatic hydroxyl groups is 1. The van der Waals surface area contributed by atoms with Gasteiger partial charge < -0.3 is 16.2 Å². The predicted octanol–water partition coefficient (Wildman–Crippen LogP) is 0.933. The number of carbonyl (C=O) groups excluding carboxylic acids is 1. The van der Waals surface area contributed by atoms with Crippen LogP contribution in [0.25, 0.3) is 0 Å². The summed E-state index contributed by atoms with van der Waals surface area (Å²) in [4.78, 5) is 11.5. The molecule has 1 atom stereocenters. The highest BCUT2D eigenvalue weighted by Crippen LogP contribution is 2.29. The fourth-order valence-corrected chi connectivity index (χ4v) is 1.19. The van der Waals surface area contributed by atoms with Gasteiger partial charge in [0.25, 0.3) is 0 Å². The van der Waals surface area contributed by atoms with Crippen molar-refractivity contribution in [3.8, 4) is 0 Å². The number of rotatable bonds is 5. The Hall–Kier alpha value is -0.820. The highest BCUT2D eigenvalue weighted by Gasteiger charge is 2.54. The second-order valence-corrected chi connectivity index (χ2v) is 4.30. The first-order valence-corrected chi connectivity index (χ1v) is 5.35. The average Bonchev–Trinajstić information content (AvgIpc) is 2.24. The summed E-state index contributed by atoms with van der Waals surface area (Å²) < 4.78 is 37.6. The van der Waals surface area contributed by atoms with E-state index in [1.807, 2.05) is 0 Å². The number of amides is 1. The second kappa shape index (κ2) is 5.22. The van der Waals surface area contributed by atoms with Gasteiger partial charge in [0.2, 0.25) is 5.91 Å². The first-order chi connectivity index (χ1) is 7.56. The molecule has 0 aliphatic carbocycles. The van der Waals surface area contributed by atoms with E-state index in [9.17, 15) is 18.0 Å². The van der Waals surface area contributed by atoms with E-state index in [0.29, 0.717) is 19.8 Å². The van der Waals surface area contributed by atoms with Gasteiger partial charge in [0.1, 0.15) is 0 Å². The van der Waals surface area contributed by atoms with E-state index in [1.165, 1.54) is 0 Å². The van der Waals surface area contributed by atoms with Crippen molar-refractivity contribution < 1.29 is 23.1 Å². The quantitative estimate of drug-likeness (QED) is 0.685. The van der Waals surface area contributed by atoms with E-state index in [0.717, 1.165) is 0 Å². The normalized spacial score (nSPS) is 16.5. The Bertz CT molecular complexity index is 265. The van der Waals surface area contributed by atoms with Crippen molar-refractivity contribution in [2.24, 2.45) is 5.73 Å². The first kappa shape index (κ1) is 16.2. The number of nitrogens with one attached hydrogen (secondary N) is 1. The minimum atomic E-state index is -4.83. The highest BCUT2D eigenvalue weighted by molar-refractivity contribution is 5.87. The van der Waals surface area contributed by atoms with Crippen LogP contribution >= 0.6 is 0 Å². The fraction of sp³-hybridized carbons (Fsp3) is 0.900. The molecule has 0 heterocycles. The molecular weight excluding hydrogens is 237 g/mol. The van der Waals surface area contributed by atoms with Crippen LogP contribution in [0.3, 0.4) is 0 Å². The van der Waals surface area contributed by atoms with Gasteiger partial charge in [-0.05, 0) is 19.8 Å². The molecule has 4 nitrogen and oxygen atoms in total. The maximum absolute atomic E-state index is 12.5. The Kier molecular flexibility index (Phi) is 4.97. The van der Waals surface area contributed by atoms with Crippen molar-refractivity contribution in [3.63, 3.8) is 0 Å². The number of halogens is 3. The molecule has 0 aliphatic heterocycles. The zero-order valence-corrected chi connectivity index (χ0v) is 10.2. The molecule has 0 bridgehead atoms. The van der Waals surface area contributed by atoms with E-state index in [2.05, 4.69) is 5.32 Å². The molecule has 1 amide bonds. The summed E-state index contributed by atoms with van der Waals surface area (Å²) in [6.07, 6.45) is -4.20. The van der Waals surface area contributed by atoms with Gasteiger partial charge in [-0.25, -0.2) is 0 Å². The standard InChI is InChI=1S/C10H19F3N2O2/c1-4-9(5-2,6-16)15-7(17)8(3,14)10(11,12)13/h16H,4-6,14H2,1-3H3,(H,15,17). The van der Waals surface area contributed by atoms with E-state index >= 15 is 0 Å². The maximum atomic E-state index is 12.5. The molecule has 0 aromatic rings. The molecule has 1 unspecified atom stereocenters. The molecule has 7 heteroatoms. The molecule has 0 aromatic carbocycles. The lowest BCUT2D eigenvalue weighted by Crippen LogP contribution is -2.65. The average molecular weight is 256 g/mol. The number of hydrogen-bond acceptors (Lipinski definition) is 3. The highest BCUT2D eigenvalue weighted by atomic mass is 19.4. The van der Waals surface area contributed by atoms with Crippen LogP contribution in [0.5, 0.6) is 0 Å². The fourth-order valence-electron chi connectivity index (χ4n) is 1.19. The summed E-state index contributed by atoms with van der Waals surface area (Å²) >= 11 is 0. The van der Waals surface area contributed by atoms with Crippen LogP contribution in [0, 0.1) is 0 Å². The van der Waals surface area contributed by atoms with Crippen LogP contribution in [0.1, 0.15) is 33.6 Å². The van der Waals surface area contributed by atoms with Crippen molar-refractivity contribution in [1.29, 1.82) is 0 Å². The molecule has 4 N–H and O–H groups in total. The van der Waals surface area contributed by atoms with Crippen molar-refractivity contribution in [2.45, 2.75) is 50.9 Å². The van der Waals surface area contributed by atoms with Crippen LogP contribution in [0.15, 0.2) is 0 Å². The molecule has 0 spiro atoms. The van der Waals surface area contributed by atoms with E-state index in [-0.39, 0.29) is 0 Å². The molecule has 0 radical (unpaired) electrons. The van der Waals surface area contributed by atoms with Gasteiger partial charge in [-0.15, -0.1) is 0 Å². The molecule has 0 aliphatic rings. The Balaban J connectivity index is 4.97. The third-order valence-corrected chi connectivity index (χ3v) is 3.10. The molecule has 0 rings (SSSR count). The maximum Gasteiger partial charge on any atom is 0.415 e. The second-order valence-electron chi connectivity index (χ2n) is 4.30. The third-order valence-electron chi connectivity index (χ3n) is 3.10. The smallest absolute Gasteiger partial charge is 0.394 e. The van der Waals surface area contributed by atoms with Gasteiger partial charge in [0.15, 0.2) is 5.54 Å². The lowest BCUT2D eigenvalue weighted by molar-refractivity contribution is -0.188. The molecule has 0 aromatic heterocycles. The third kappa shape index (κ3) is 3.32. The minimum Gasteiger partial charge on any atom is -0.394 e. The van der Waals surface area contributed by atoms with Crippen molar-refractivity contribution in [3.05, 3.63) is 0 Å². The number of aliphatic hydroxyl groups excluding tert-OH is 1. The van der Waals surface area contributed by atoms with Crippen molar-refractivity contribution in [2.75, 3.05) is 6.61 Å². The SMILES string of the molecule is CCC(CC)(CO)NC(=O)C(C)(N)C(F)(F)F. The summed E-state index contributed by atoms with van der Waals surface area (Å²) in [6, 6.07) is 0. The lowest BCUT2D eigenvalue weighted by atomic mass is 9.91. The topological polar surface area (TPSA) is 75.3 Å². The van der Waals surface area contributed by atoms with Gasteiger partial charge in [-0.2, -0.15) is 13.2 Å². The Morgan fingerprint density at radius 2 is 1.71 bits per heavy atom. The molecule has 0 fully saturated rings. The van der Waals surface area contributed by atoms with Gasteiger partial charge in [0, 0.05) is 0 Å². The first-order valence-electron chi connectivity index (χ1n) is 5.35. The van der Waals surface area contributed by atoms with Gasteiger partial charge in [-0.1, -0.05) is 13.8 Å². The zero-order valence-electron chi connectivity index (χ0n) is 10.2. The Morgan fingerprint density at radius 1 is 1.29 bits per heavy atom. The molecule has 102 valence electrons.